The first kappa shape index (κ1) is 28.3. The third-order valence-corrected chi connectivity index (χ3v) is 9.66. The number of hydrogen-bond donors (Lipinski definition) is 1. The second-order valence-electron chi connectivity index (χ2n) is 12.6. The number of hydrazone groups is 1. The molecule has 0 radical (unpaired) electrons. The van der Waals surface area contributed by atoms with E-state index in [2.05, 4.69) is 46.2 Å². The molecule has 2 aliphatic heterocycles. The lowest BCUT2D eigenvalue weighted by Gasteiger charge is -2.32. The molecule has 46 heavy (non-hydrogen) atoms. The summed E-state index contributed by atoms with van der Waals surface area (Å²) in [5, 5.41) is 7.48. The predicted octanol–water partition coefficient (Wildman–Crippen LogP) is 5.96. The van der Waals surface area contributed by atoms with Crippen LogP contribution in [0.5, 0.6) is 0 Å². The second-order valence-corrected chi connectivity index (χ2v) is 12.6. The zero-order chi connectivity index (χ0) is 31.4. The average molecular weight is 610 g/mol. The summed E-state index contributed by atoms with van der Waals surface area (Å²) >= 11 is 0. The largest absolute Gasteiger partial charge is 0.339 e. The van der Waals surface area contributed by atoms with Gasteiger partial charge in [0.25, 0.3) is 5.91 Å². The number of carbonyl (C=O) groups is 2. The van der Waals surface area contributed by atoms with Crippen LogP contribution in [-0.4, -0.2) is 76.4 Å². The van der Waals surface area contributed by atoms with Gasteiger partial charge in [-0.1, -0.05) is 36.4 Å². The van der Waals surface area contributed by atoms with Gasteiger partial charge in [0.1, 0.15) is 24.3 Å². The molecule has 0 bridgehead atoms. The van der Waals surface area contributed by atoms with Gasteiger partial charge in [-0.25, -0.2) is 9.97 Å². The van der Waals surface area contributed by atoms with Gasteiger partial charge in [0, 0.05) is 53.9 Å². The molecule has 1 N–H and O–H groups in total. The van der Waals surface area contributed by atoms with E-state index in [0.717, 1.165) is 88.4 Å². The maximum Gasteiger partial charge on any atom is 0.253 e. The fourth-order valence-electron chi connectivity index (χ4n) is 6.74. The Labute approximate surface area is 267 Å². The highest BCUT2D eigenvalue weighted by atomic mass is 16.2. The van der Waals surface area contributed by atoms with Gasteiger partial charge in [0.15, 0.2) is 0 Å². The number of aromatic nitrogens is 3. The smallest absolute Gasteiger partial charge is 0.253 e. The summed E-state index contributed by atoms with van der Waals surface area (Å²) < 4.78 is 0. The summed E-state index contributed by atoms with van der Waals surface area (Å²) in [6.07, 6.45) is 6.88. The number of fused-ring (bicyclic) bond motifs is 2. The molecule has 230 valence electrons. The van der Waals surface area contributed by atoms with Crippen molar-refractivity contribution in [3.05, 3.63) is 101 Å². The zero-order valence-corrected chi connectivity index (χ0v) is 26.0. The van der Waals surface area contributed by atoms with E-state index in [4.69, 9.17) is 10.1 Å². The van der Waals surface area contributed by atoms with Crippen molar-refractivity contribution in [2.45, 2.75) is 31.7 Å². The van der Waals surface area contributed by atoms with Crippen LogP contribution in [0.15, 0.2) is 78.2 Å². The predicted molar refractivity (Wildman–Crippen MR) is 180 cm³/mol. The fourth-order valence-corrected chi connectivity index (χ4v) is 6.74. The van der Waals surface area contributed by atoms with E-state index in [1.54, 1.807) is 6.33 Å². The number of nitrogens with zero attached hydrogens (tertiary/aromatic N) is 6. The van der Waals surface area contributed by atoms with Gasteiger partial charge in [0.05, 0.1) is 17.6 Å². The molecule has 2 fully saturated rings. The first-order valence-corrected chi connectivity index (χ1v) is 15.9. The highest BCUT2D eigenvalue weighted by Gasteiger charge is 2.30. The molecule has 1 aliphatic carbocycles. The number of nitrogens with one attached hydrogen (secondary N) is 1. The zero-order valence-electron chi connectivity index (χ0n) is 26.0. The molecule has 3 aliphatic rings. The monoisotopic (exact) mass is 609 g/mol. The lowest BCUT2D eigenvalue weighted by atomic mass is 9.94. The molecule has 9 heteroatoms. The van der Waals surface area contributed by atoms with E-state index in [1.165, 1.54) is 18.4 Å². The number of benzene rings is 3. The summed E-state index contributed by atoms with van der Waals surface area (Å²) in [5.41, 5.74) is 10.2. The fraction of sp³-hybridized carbons (Fsp3) is 0.270. The second kappa shape index (κ2) is 11.3. The van der Waals surface area contributed by atoms with Gasteiger partial charge in [-0.2, -0.15) is 5.10 Å². The summed E-state index contributed by atoms with van der Waals surface area (Å²) in [7, 11) is 2.08. The molecule has 1 atom stereocenters. The van der Waals surface area contributed by atoms with E-state index in [-0.39, 0.29) is 5.91 Å². The highest BCUT2D eigenvalue weighted by Crippen LogP contribution is 2.43. The van der Waals surface area contributed by atoms with Gasteiger partial charge >= 0.3 is 0 Å². The van der Waals surface area contributed by atoms with E-state index in [9.17, 15) is 9.59 Å². The minimum absolute atomic E-state index is 0.0705. The lowest BCUT2D eigenvalue weighted by Crippen LogP contribution is -2.47. The first-order valence-electron chi connectivity index (χ1n) is 15.9. The summed E-state index contributed by atoms with van der Waals surface area (Å²) in [6, 6.07) is 21.8. The third-order valence-electron chi connectivity index (χ3n) is 9.66. The summed E-state index contributed by atoms with van der Waals surface area (Å²) in [4.78, 5) is 42.4. The molecule has 8 rings (SSSR count). The van der Waals surface area contributed by atoms with E-state index >= 15 is 0 Å². The van der Waals surface area contributed by atoms with Gasteiger partial charge in [-0.15, -0.1) is 0 Å². The summed E-state index contributed by atoms with van der Waals surface area (Å²) in [5.74, 6) is 0.709. The maximum absolute atomic E-state index is 13.1. The quantitative estimate of drug-likeness (QED) is 0.239. The third kappa shape index (κ3) is 4.97. The molecule has 4 heterocycles. The topological polar surface area (TPSA) is 97.8 Å². The number of H-pyrrole nitrogens is 1. The Morgan fingerprint density at radius 2 is 1.76 bits per heavy atom. The SMILES string of the molecule is Cc1c(-c2ncnc3[nH]c(-c4ccc(C(=O)N5CCN(C)CC5)cc4)cc23)cccc1N1N=Cc2cc(C3CC3)ccc2C1C=O. The minimum atomic E-state index is -0.516. The number of amides is 1. The van der Waals surface area contributed by atoms with E-state index < -0.39 is 6.04 Å². The Hall–Kier alpha value is -5.15. The summed E-state index contributed by atoms with van der Waals surface area (Å²) in [6.45, 7) is 5.32. The molecule has 1 saturated heterocycles. The van der Waals surface area contributed by atoms with Gasteiger partial charge in [-0.3, -0.25) is 9.80 Å². The number of carbonyl (C=O) groups excluding carboxylic acids is 2. The van der Waals surface area contributed by atoms with Crippen LogP contribution in [-0.2, 0) is 4.79 Å². The van der Waals surface area contributed by atoms with Gasteiger partial charge in [-0.05, 0) is 85.3 Å². The van der Waals surface area contributed by atoms with Crippen LogP contribution in [0.1, 0.15) is 57.4 Å². The molecule has 9 nitrogen and oxygen atoms in total. The van der Waals surface area contributed by atoms with E-state index in [0.29, 0.717) is 11.5 Å². The number of aldehydes is 1. The van der Waals surface area contributed by atoms with Crippen LogP contribution in [0.2, 0.25) is 0 Å². The molecule has 1 amide bonds. The Bertz CT molecular complexity index is 2000. The number of piperazine rings is 1. The molecule has 5 aromatic rings. The number of aromatic amines is 1. The number of anilines is 1. The maximum atomic E-state index is 13.1. The van der Waals surface area contributed by atoms with Gasteiger partial charge in [0.2, 0.25) is 0 Å². The molecule has 2 aromatic heterocycles. The van der Waals surface area contributed by atoms with Crippen LogP contribution in [0.4, 0.5) is 5.69 Å². The van der Waals surface area contributed by atoms with Crippen molar-refractivity contribution < 1.29 is 9.59 Å². The van der Waals surface area contributed by atoms with Crippen LogP contribution in [0.25, 0.3) is 33.5 Å². The van der Waals surface area contributed by atoms with Crippen molar-refractivity contribution in [2.24, 2.45) is 5.10 Å². The molecular weight excluding hydrogens is 574 g/mol. The Kier molecular flexibility index (Phi) is 6.98. The minimum Gasteiger partial charge on any atom is -0.339 e. The van der Waals surface area contributed by atoms with Crippen molar-refractivity contribution in [3.63, 3.8) is 0 Å². The lowest BCUT2D eigenvalue weighted by molar-refractivity contribution is -0.109. The molecule has 3 aromatic carbocycles. The Morgan fingerprint density at radius 3 is 2.52 bits per heavy atom. The molecular formula is C37H35N7O2. The van der Waals surface area contributed by atoms with Gasteiger partial charge < -0.3 is 19.6 Å². The Balaban J connectivity index is 1.10. The van der Waals surface area contributed by atoms with Crippen LogP contribution >= 0.6 is 0 Å². The first-order chi connectivity index (χ1) is 22.5. The number of likely N-dealkylation sites (N-methyl/N-ethyl adjacent to an activating group) is 1. The van der Waals surface area contributed by atoms with Crippen LogP contribution in [0.3, 0.4) is 0 Å². The van der Waals surface area contributed by atoms with Crippen molar-refractivity contribution in [2.75, 3.05) is 38.2 Å². The van der Waals surface area contributed by atoms with Crippen LogP contribution < -0.4 is 5.01 Å². The average Bonchev–Trinajstić information content (AvgIpc) is 3.85. The standard InChI is InChI=1S/C37H35N7O2/c1-23-29(4-3-5-33(23)44-34(21-45)30-13-12-27(24-6-7-24)18-28(30)20-40-44)35-31-19-32(41-36(31)39-22-38-35)25-8-10-26(11-9-25)37(46)43-16-14-42(2)15-17-43/h3-5,8-13,18-22,24,34H,6-7,14-17H2,1-2H3,(H,38,39,41). The van der Waals surface area contributed by atoms with Crippen molar-refractivity contribution >= 4 is 35.1 Å². The number of rotatable bonds is 6. The molecule has 1 unspecified atom stereocenters. The normalized spacial score (nSPS) is 18.2. The Morgan fingerprint density at radius 1 is 0.957 bits per heavy atom. The van der Waals surface area contributed by atoms with E-state index in [1.807, 2.05) is 65.5 Å². The van der Waals surface area contributed by atoms with Crippen molar-refractivity contribution in [3.8, 4) is 22.5 Å². The van der Waals surface area contributed by atoms with Crippen molar-refractivity contribution in [1.82, 2.24) is 24.8 Å². The molecule has 1 saturated carbocycles. The van der Waals surface area contributed by atoms with Crippen molar-refractivity contribution in [1.29, 1.82) is 0 Å². The van der Waals surface area contributed by atoms with Crippen LogP contribution in [0, 0.1) is 6.92 Å². The highest BCUT2D eigenvalue weighted by molar-refractivity contribution is 5.97. The molecule has 0 spiro atoms. The number of hydrogen-bond acceptors (Lipinski definition) is 7.